The van der Waals surface area contributed by atoms with Crippen LogP contribution in [0.15, 0.2) is 18.2 Å². The lowest BCUT2D eigenvalue weighted by Gasteiger charge is -2.20. The Morgan fingerprint density at radius 1 is 1.35 bits per heavy atom. The van der Waals surface area contributed by atoms with E-state index in [9.17, 15) is 0 Å². The van der Waals surface area contributed by atoms with E-state index in [1.54, 1.807) is 6.07 Å². The second-order valence-electron chi connectivity index (χ2n) is 4.00. The average Bonchev–Trinajstić information content (AvgIpc) is 2.29. The molecule has 0 amide bonds. The lowest BCUT2D eigenvalue weighted by Crippen LogP contribution is -2.24. The predicted octanol–water partition coefficient (Wildman–Crippen LogP) is 4.23. The van der Waals surface area contributed by atoms with Crippen molar-refractivity contribution >= 4 is 23.2 Å². The summed E-state index contributed by atoms with van der Waals surface area (Å²) in [5.74, 6) is 2.68. The van der Waals surface area contributed by atoms with E-state index in [-0.39, 0.29) is 0 Å². The van der Waals surface area contributed by atoms with Crippen LogP contribution in [-0.4, -0.2) is 18.0 Å². The van der Waals surface area contributed by atoms with E-state index in [0.717, 1.165) is 31.5 Å². The fraction of sp³-hybridized carbons (Fsp3) is 0.429. The summed E-state index contributed by atoms with van der Waals surface area (Å²) in [6.07, 6.45) is 7.68. The van der Waals surface area contributed by atoms with Gasteiger partial charge in [-0.2, -0.15) is 0 Å². The quantitative estimate of drug-likeness (QED) is 0.699. The van der Waals surface area contributed by atoms with Gasteiger partial charge in [0.25, 0.3) is 0 Å². The molecule has 1 rings (SSSR count). The summed E-state index contributed by atoms with van der Waals surface area (Å²) >= 11 is 12.0. The van der Waals surface area contributed by atoms with Crippen molar-refractivity contribution in [2.45, 2.75) is 26.3 Å². The molecule has 0 aliphatic carbocycles. The molecule has 0 unspecified atom stereocenters. The highest BCUT2D eigenvalue weighted by Gasteiger charge is 2.07. The van der Waals surface area contributed by atoms with Crippen LogP contribution in [0.25, 0.3) is 0 Å². The molecule has 0 saturated heterocycles. The van der Waals surface area contributed by atoms with Crippen LogP contribution in [0.3, 0.4) is 0 Å². The maximum Gasteiger partial charge on any atom is 0.0601 e. The molecule has 0 N–H and O–H groups in total. The third kappa shape index (κ3) is 5.00. The Morgan fingerprint density at radius 2 is 2.12 bits per heavy atom. The molecule has 0 atom stereocenters. The molecule has 1 aromatic carbocycles. The van der Waals surface area contributed by atoms with E-state index in [1.807, 2.05) is 12.1 Å². The van der Waals surface area contributed by atoms with E-state index >= 15 is 0 Å². The largest absolute Gasteiger partial charge is 0.288 e. The molecule has 0 bridgehead atoms. The molecule has 17 heavy (non-hydrogen) atoms. The predicted molar refractivity (Wildman–Crippen MR) is 75.5 cm³/mol. The monoisotopic (exact) mass is 269 g/mol. The van der Waals surface area contributed by atoms with Gasteiger partial charge in [0, 0.05) is 16.6 Å². The highest BCUT2D eigenvalue weighted by molar-refractivity contribution is 6.35. The number of hydrogen-bond donors (Lipinski definition) is 0. The van der Waals surface area contributed by atoms with Crippen molar-refractivity contribution in [2.24, 2.45) is 0 Å². The van der Waals surface area contributed by atoms with Gasteiger partial charge in [-0.05, 0) is 30.7 Å². The zero-order valence-electron chi connectivity index (χ0n) is 10.0. The molecule has 92 valence electrons. The number of hydrogen-bond acceptors (Lipinski definition) is 1. The number of rotatable bonds is 6. The van der Waals surface area contributed by atoms with Crippen molar-refractivity contribution in [3.05, 3.63) is 33.8 Å². The summed E-state index contributed by atoms with van der Waals surface area (Å²) in [5.41, 5.74) is 1.07. The number of terminal acetylenes is 1. The molecular formula is C14H17Cl2N. The number of benzene rings is 1. The van der Waals surface area contributed by atoms with Crippen molar-refractivity contribution in [1.29, 1.82) is 0 Å². The first-order chi connectivity index (χ1) is 8.17. The number of nitrogens with zero attached hydrogens (tertiary/aromatic N) is 1. The number of unbranched alkanes of at least 4 members (excludes halogenated alkanes) is 1. The Morgan fingerprint density at radius 3 is 2.71 bits per heavy atom. The highest BCUT2D eigenvalue weighted by Crippen LogP contribution is 2.22. The second kappa shape index (κ2) is 7.61. The lowest BCUT2D eigenvalue weighted by atomic mass is 10.2. The number of halogens is 2. The van der Waals surface area contributed by atoms with Crippen molar-refractivity contribution < 1.29 is 0 Å². The maximum absolute atomic E-state index is 6.15. The second-order valence-corrected chi connectivity index (χ2v) is 4.85. The van der Waals surface area contributed by atoms with Gasteiger partial charge in [-0.1, -0.05) is 48.5 Å². The third-order valence-electron chi connectivity index (χ3n) is 2.55. The van der Waals surface area contributed by atoms with Crippen LogP contribution in [0.1, 0.15) is 25.3 Å². The molecule has 1 aromatic rings. The highest BCUT2D eigenvalue weighted by atomic mass is 35.5. The van der Waals surface area contributed by atoms with Crippen LogP contribution in [0.2, 0.25) is 10.0 Å². The summed E-state index contributed by atoms with van der Waals surface area (Å²) in [6.45, 7) is 4.60. The van der Waals surface area contributed by atoms with Crippen molar-refractivity contribution in [2.75, 3.05) is 13.1 Å². The minimum atomic E-state index is 0.652. The van der Waals surface area contributed by atoms with E-state index < -0.39 is 0 Å². The minimum Gasteiger partial charge on any atom is -0.288 e. The summed E-state index contributed by atoms with van der Waals surface area (Å²) in [4.78, 5) is 2.22. The molecule has 0 saturated carbocycles. The van der Waals surface area contributed by atoms with Crippen LogP contribution < -0.4 is 0 Å². The van der Waals surface area contributed by atoms with Gasteiger partial charge in [0.2, 0.25) is 0 Å². The van der Waals surface area contributed by atoms with E-state index in [4.69, 9.17) is 29.6 Å². The minimum absolute atomic E-state index is 0.652. The summed E-state index contributed by atoms with van der Waals surface area (Å²) in [6, 6.07) is 5.59. The molecule has 0 fully saturated rings. The van der Waals surface area contributed by atoms with Gasteiger partial charge in [-0.15, -0.1) is 6.42 Å². The van der Waals surface area contributed by atoms with Crippen molar-refractivity contribution in [3.8, 4) is 12.3 Å². The Bertz CT molecular complexity index is 396. The van der Waals surface area contributed by atoms with Crippen LogP contribution in [-0.2, 0) is 6.54 Å². The normalized spacial score (nSPS) is 10.5. The zero-order valence-corrected chi connectivity index (χ0v) is 11.6. The van der Waals surface area contributed by atoms with Gasteiger partial charge < -0.3 is 0 Å². The first-order valence-electron chi connectivity index (χ1n) is 5.77. The lowest BCUT2D eigenvalue weighted by molar-refractivity contribution is 0.294. The maximum atomic E-state index is 6.15. The fourth-order valence-electron chi connectivity index (χ4n) is 1.62. The zero-order chi connectivity index (χ0) is 12.7. The standard InChI is InChI=1S/C14H17Cl2N/c1-3-5-9-17(8-4-2)11-12-6-7-13(15)10-14(12)16/h2,6-7,10H,3,5,8-9,11H2,1H3. The topological polar surface area (TPSA) is 3.24 Å². The van der Waals surface area contributed by atoms with Gasteiger partial charge in [0.1, 0.15) is 0 Å². The molecule has 0 heterocycles. The molecule has 3 heteroatoms. The fourth-order valence-corrected chi connectivity index (χ4v) is 2.08. The van der Waals surface area contributed by atoms with Gasteiger partial charge in [0.05, 0.1) is 6.54 Å². The Hall–Kier alpha value is -0.680. The van der Waals surface area contributed by atoms with Crippen molar-refractivity contribution in [1.82, 2.24) is 4.90 Å². The summed E-state index contributed by atoms with van der Waals surface area (Å²) in [5, 5.41) is 1.37. The first kappa shape index (κ1) is 14.4. The third-order valence-corrected chi connectivity index (χ3v) is 3.14. The van der Waals surface area contributed by atoms with E-state index in [2.05, 4.69) is 17.7 Å². The Kier molecular flexibility index (Phi) is 6.44. The van der Waals surface area contributed by atoms with Crippen molar-refractivity contribution in [3.63, 3.8) is 0 Å². The van der Waals surface area contributed by atoms with Gasteiger partial charge in [-0.25, -0.2) is 0 Å². The molecule has 0 radical (unpaired) electrons. The first-order valence-corrected chi connectivity index (χ1v) is 6.52. The molecule has 0 aliphatic heterocycles. The smallest absolute Gasteiger partial charge is 0.0601 e. The molecule has 1 nitrogen and oxygen atoms in total. The Labute approximate surface area is 114 Å². The van der Waals surface area contributed by atoms with Gasteiger partial charge in [-0.3, -0.25) is 4.90 Å². The van der Waals surface area contributed by atoms with Crippen LogP contribution >= 0.6 is 23.2 Å². The SMILES string of the molecule is C#CCN(CCCC)Cc1ccc(Cl)cc1Cl. The summed E-state index contributed by atoms with van der Waals surface area (Å²) in [7, 11) is 0. The molecule has 0 aliphatic rings. The molecular weight excluding hydrogens is 253 g/mol. The van der Waals surface area contributed by atoms with Crippen LogP contribution in [0.4, 0.5) is 0 Å². The summed E-state index contributed by atoms with van der Waals surface area (Å²) < 4.78 is 0. The molecule has 0 spiro atoms. The van der Waals surface area contributed by atoms with Gasteiger partial charge in [0.15, 0.2) is 0 Å². The average molecular weight is 270 g/mol. The van der Waals surface area contributed by atoms with Gasteiger partial charge >= 0.3 is 0 Å². The van der Waals surface area contributed by atoms with Crippen LogP contribution in [0, 0.1) is 12.3 Å². The Balaban J connectivity index is 2.68. The van der Waals surface area contributed by atoms with E-state index in [1.165, 1.54) is 0 Å². The van der Waals surface area contributed by atoms with Crippen LogP contribution in [0.5, 0.6) is 0 Å². The molecule has 0 aromatic heterocycles. The van der Waals surface area contributed by atoms with E-state index in [0.29, 0.717) is 16.6 Å².